The summed E-state index contributed by atoms with van der Waals surface area (Å²) >= 11 is 15.6. The van der Waals surface area contributed by atoms with E-state index >= 15 is 0 Å². The Labute approximate surface area is 133 Å². The molecule has 0 spiro atoms. The van der Waals surface area contributed by atoms with Gasteiger partial charge in [-0.25, -0.2) is 0 Å². The number of hydrogen-bond acceptors (Lipinski definition) is 2. The SMILES string of the molecule is CCCC(CNC(C)C)Oc1cc(Cl)c(Br)cc1Cl. The molecule has 2 nitrogen and oxygen atoms in total. The van der Waals surface area contributed by atoms with Gasteiger partial charge in [0, 0.05) is 23.1 Å². The molecule has 0 aliphatic heterocycles. The summed E-state index contributed by atoms with van der Waals surface area (Å²) in [6.07, 6.45) is 2.14. The fourth-order valence-corrected chi connectivity index (χ4v) is 2.50. The van der Waals surface area contributed by atoms with Crippen molar-refractivity contribution in [1.29, 1.82) is 0 Å². The topological polar surface area (TPSA) is 21.3 Å². The molecule has 0 heterocycles. The van der Waals surface area contributed by atoms with E-state index in [0.717, 1.165) is 23.9 Å². The standard InChI is InChI=1S/C14H20BrCl2NO/c1-4-5-10(8-18-9(2)3)19-14-7-12(16)11(15)6-13(14)17/h6-7,9-10,18H,4-5,8H2,1-3H3. The van der Waals surface area contributed by atoms with E-state index in [1.54, 1.807) is 12.1 Å². The quantitative estimate of drug-likeness (QED) is 0.659. The molecule has 0 saturated carbocycles. The van der Waals surface area contributed by atoms with Crippen molar-refractivity contribution in [3.05, 3.63) is 26.7 Å². The Morgan fingerprint density at radius 2 is 1.95 bits per heavy atom. The van der Waals surface area contributed by atoms with Gasteiger partial charge in [-0.05, 0) is 28.4 Å². The maximum absolute atomic E-state index is 6.17. The van der Waals surface area contributed by atoms with Crippen molar-refractivity contribution in [2.24, 2.45) is 0 Å². The van der Waals surface area contributed by atoms with Crippen LogP contribution in [0.5, 0.6) is 5.75 Å². The first-order valence-electron chi connectivity index (χ1n) is 6.48. The van der Waals surface area contributed by atoms with Crippen molar-refractivity contribution in [2.45, 2.75) is 45.8 Å². The van der Waals surface area contributed by atoms with Crippen molar-refractivity contribution in [1.82, 2.24) is 5.32 Å². The van der Waals surface area contributed by atoms with Gasteiger partial charge in [-0.3, -0.25) is 0 Å². The van der Waals surface area contributed by atoms with E-state index in [0.29, 0.717) is 21.8 Å². The number of benzene rings is 1. The van der Waals surface area contributed by atoms with Gasteiger partial charge < -0.3 is 10.1 Å². The maximum Gasteiger partial charge on any atom is 0.139 e. The van der Waals surface area contributed by atoms with Crippen molar-refractivity contribution in [3.63, 3.8) is 0 Å². The van der Waals surface area contributed by atoms with Gasteiger partial charge in [0.05, 0.1) is 10.0 Å². The molecule has 1 aromatic carbocycles. The normalized spacial score (nSPS) is 12.8. The van der Waals surface area contributed by atoms with E-state index < -0.39 is 0 Å². The predicted molar refractivity (Wildman–Crippen MR) is 86.6 cm³/mol. The zero-order chi connectivity index (χ0) is 14.4. The molecule has 0 bridgehead atoms. The molecule has 108 valence electrons. The van der Waals surface area contributed by atoms with Gasteiger partial charge in [-0.2, -0.15) is 0 Å². The second-order valence-corrected chi connectivity index (χ2v) is 6.46. The second-order valence-electron chi connectivity index (χ2n) is 4.79. The van der Waals surface area contributed by atoms with Crippen molar-refractivity contribution in [3.8, 4) is 5.75 Å². The highest BCUT2D eigenvalue weighted by atomic mass is 79.9. The molecule has 1 rings (SSSR count). The van der Waals surface area contributed by atoms with Crippen LogP contribution in [0, 0.1) is 0 Å². The van der Waals surface area contributed by atoms with E-state index in [-0.39, 0.29) is 6.10 Å². The van der Waals surface area contributed by atoms with Gasteiger partial charge >= 0.3 is 0 Å². The highest BCUT2D eigenvalue weighted by Crippen LogP contribution is 2.34. The van der Waals surface area contributed by atoms with Crippen LogP contribution in [0.1, 0.15) is 33.6 Å². The van der Waals surface area contributed by atoms with Gasteiger partial charge in [-0.15, -0.1) is 0 Å². The second kappa shape index (κ2) is 8.35. The van der Waals surface area contributed by atoms with E-state index in [1.807, 2.05) is 0 Å². The molecule has 0 saturated heterocycles. The molecule has 5 heteroatoms. The van der Waals surface area contributed by atoms with Crippen LogP contribution < -0.4 is 10.1 Å². The third-order valence-corrected chi connectivity index (χ3v) is 4.13. The lowest BCUT2D eigenvalue weighted by Crippen LogP contribution is -2.35. The van der Waals surface area contributed by atoms with Crippen LogP contribution >= 0.6 is 39.1 Å². The van der Waals surface area contributed by atoms with Gasteiger partial charge in [-0.1, -0.05) is 50.4 Å². The van der Waals surface area contributed by atoms with E-state index in [4.69, 9.17) is 27.9 Å². The molecule has 0 aliphatic carbocycles. The summed E-state index contributed by atoms with van der Waals surface area (Å²) in [6, 6.07) is 3.95. The number of halogens is 3. The summed E-state index contributed by atoms with van der Waals surface area (Å²) in [4.78, 5) is 0. The van der Waals surface area contributed by atoms with E-state index in [2.05, 4.69) is 42.0 Å². The molecule has 1 N–H and O–H groups in total. The first-order chi connectivity index (χ1) is 8.93. The summed E-state index contributed by atoms with van der Waals surface area (Å²) in [6.45, 7) is 7.18. The molecular weight excluding hydrogens is 349 g/mol. The van der Waals surface area contributed by atoms with E-state index in [9.17, 15) is 0 Å². The molecule has 0 fully saturated rings. The maximum atomic E-state index is 6.17. The first kappa shape index (κ1) is 17.1. The summed E-state index contributed by atoms with van der Waals surface area (Å²) in [5, 5.41) is 4.56. The number of rotatable bonds is 7. The van der Waals surface area contributed by atoms with Gasteiger partial charge in [0.25, 0.3) is 0 Å². The molecule has 0 amide bonds. The zero-order valence-corrected chi connectivity index (χ0v) is 14.6. The monoisotopic (exact) mass is 367 g/mol. The summed E-state index contributed by atoms with van der Waals surface area (Å²) in [7, 11) is 0. The molecule has 0 aliphatic rings. The average Bonchev–Trinajstić information content (AvgIpc) is 2.33. The van der Waals surface area contributed by atoms with Crippen LogP contribution in [-0.4, -0.2) is 18.7 Å². The highest BCUT2D eigenvalue weighted by Gasteiger charge is 2.14. The van der Waals surface area contributed by atoms with E-state index in [1.165, 1.54) is 0 Å². The van der Waals surface area contributed by atoms with Crippen LogP contribution in [0.2, 0.25) is 10.0 Å². The Kier molecular flexibility index (Phi) is 7.52. The summed E-state index contributed by atoms with van der Waals surface area (Å²) in [5.74, 6) is 0.638. The molecule has 1 atom stereocenters. The lowest BCUT2D eigenvalue weighted by atomic mass is 10.2. The molecule has 0 radical (unpaired) electrons. The van der Waals surface area contributed by atoms with Crippen LogP contribution in [0.15, 0.2) is 16.6 Å². The van der Waals surface area contributed by atoms with Gasteiger partial charge in [0.15, 0.2) is 0 Å². The highest BCUT2D eigenvalue weighted by molar-refractivity contribution is 9.10. The Morgan fingerprint density at radius 1 is 1.26 bits per heavy atom. The lowest BCUT2D eigenvalue weighted by Gasteiger charge is -2.21. The Bertz CT molecular complexity index is 413. The smallest absolute Gasteiger partial charge is 0.139 e. The molecule has 0 aromatic heterocycles. The Morgan fingerprint density at radius 3 is 2.53 bits per heavy atom. The fraction of sp³-hybridized carbons (Fsp3) is 0.571. The molecular formula is C14H20BrCl2NO. The number of hydrogen-bond donors (Lipinski definition) is 1. The average molecular weight is 369 g/mol. The Balaban J connectivity index is 2.75. The molecule has 19 heavy (non-hydrogen) atoms. The van der Waals surface area contributed by atoms with Crippen LogP contribution in [0.3, 0.4) is 0 Å². The minimum Gasteiger partial charge on any atom is -0.487 e. The van der Waals surface area contributed by atoms with Crippen molar-refractivity contribution in [2.75, 3.05) is 6.54 Å². The molecule has 1 unspecified atom stereocenters. The largest absolute Gasteiger partial charge is 0.487 e. The van der Waals surface area contributed by atoms with Gasteiger partial charge in [0.2, 0.25) is 0 Å². The zero-order valence-electron chi connectivity index (χ0n) is 11.5. The van der Waals surface area contributed by atoms with Crippen LogP contribution in [0.4, 0.5) is 0 Å². The summed E-state index contributed by atoms with van der Waals surface area (Å²) in [5.41, 5.74) is 0. The summed E-state index contributed by atoms with van der Waals surface area (Å²) < 4.78 is 6.75. The predicted octanol–water partition coefficient (Wildman–Crippen LogP) is 5.30. The molecule has 1 aromatic rings. The van der Waals surface area contributed by atoms with Crippen LogP contribution in [-0.2, 0) is 0 Å². The van der Waals surface area contributed by atoms with Crippen molar-refractivity contribution >= 4 is 39.1 Å². The number of nitrogens with one attached hydrogen (secondary N) is 1. The minimum atomic E-state index is 0.0992. The third kappa shape index (κ3) is 5.90. The third-order valence-electron chi connectivity index (χ3n) is 2.63. The number of ether oxygens (including phenoxy) is 1. The van der Waals surface area contributed by atoms with Crippen molar-refractivity contribution < 1.29 is 4.74 Å². The first-order valence-corrected chi connectivity index (χ1v) is 8.03. The fourth-order valence-electron chi connectivity index (χ4n) is 1.67. The minimum absolute atomic E-state index is 0.0992. The lowest BCUT2D eigenvalue weighted by molar-refractivity contribution is 0.183. The Hall–Kier alpha value is 0.0400. The van der Waals surface area contributed by atoms with Gasteiger partial charge in [0.1, 0.15) is 11.9 Å². The van der Waals surface area contributed by atoms with Crippen LogP contribution in [0.25, 0.3) is 0 Å².